The van der Waals surface area contributed by atoms with Gasteiger partial charge in [0.1, 0.15) is 0 Å². The maximum atomic E-state index is 12.8. The number of aromatic nitrogens is 4. The SMILES string of the molecule is COCc1nn2c3c(nnc2c1-c1cccc(Cl)c1)C(=O)C[C@@H](c1cccs1)C3. The molecule has 0 aliphatic heterocycles. The normalized spacial score (nSPS) is 16.3. The molecule has 1 aliphatic rings. The first kappa shape index (κ1) is 18.4. The second-order valence-electron chi connectivity index (χ2n) is 7.04. The van der Waals surface area contributed by atoms with Crippen LogP contribution < -0.4 is 0 Å². The van der Waals surface area contributed by atoms with E-state index in [0.29, 0.717) is 35.8 Å². The van der Waals surface area contributed by atoms with Crippen molar-refractivity contribution < 1.29 is 9.53 Å². The van der Waals surface area contributed by atoms with Crippen LogP contribution in [0.3, 0.4) is 0 Å². The standard InChI is InChI=1S/C21H17ClN4O2S/c1-28-11-15-19(12-4-2-5-14(22)8-12)21-24-23-20-16(26(21)25-15)9-13(10-17(20)27)18-6-3-7-29-18/h2-8,13H,9-11H2,1H3/t13-/m0/s1. The van der Waals surface area contributed by atoms with Gasteiger partial charge >= 0.3 is 0 Å². The Balaban J connectivity index is 1.72. The van der Waals surface area contributed by atoms with Crippen LogP contribution in [0.25, 0.3) is 16.8 Å². The molecule has 0 saturated carbocycles. The number of halogens is 1. The number of hydrogen-bond acceptors (Lipinski definition) is 6. The smallest absolute Gasteiger partial charge is 0.185 e. The molecule has 0 fully saturated rings. The molecule has 5 rings (SSSR count). The zero-order chi connectivity index (χ0) is 20.0. The van der Waals surface area contributed by atoms with Crippen LogP contribution in [0.5, 0.6) is 0 Å². The van der Waals surface area contributed by atoms with Gasteiger partial charge in [0.2, 0.25) is 0 Å². The molecule has 1 aromatic carbocycles. The van der Waals surface area contributed by atoms with Crippen LogP contribution in [0.15, 0.2) is 41.8 Å². The van der Waals surface area contributed by atoms with Crippen molar-refractivity contribution in [3.8, 4) is 11.1 Å². The Bertz CT molecular complexity index is 1220. The van der Waals surface area contributed by atoms with Gasteiger partial charge in [0.05, 0.1) is 23.6 Å². The van der Waals surface area contributed by atoms with Crippen LogP contribution in [-0.4, -0.2) is 32.7 Å². The van der Waals surface area contributed by atoms with Crippen molar-refractivity contribution in [3.63, 3.8) is 0 Å². The van der Waals surface area contributed by atoms with Gasteiger partial charge in [-0.1, -0.05) is 29.8 Å². The molecule has 0 unspecified atom stereocenters. The number of carbonyl (C=O) groups is 1. The Labute approximate surface area is 176 Å². The van der Waals surface area contributed by atoms with Gasteiger partial charge < -0.3 is 4.74 Å². The van der Waals surface area contributed by atoms with Gasteiger partial charge in [-0.25, -0.2) is 4.52 Å². The lowest BCUT2D eigenvalue weighted by Crippen LogP contribution is -2.23. The second-order valence-corrected chi connectivity index (χ2v) is 8.46. The summed E-state index contributed by atoms with van der Waals surface area (Å²) in [5, 5.41) is 16.1. The summed E-state index contributed by atoms with van der Waals surface area (Å²) in [6.45, 7) is 0.322. The molecule has 3 heterocycles. The Morgan fingerprint density at radius 1 is 1.24 bits per heavy atom. The number of methoxy groups -OCH3 is 1. The van der Waals surface area contributed by atoms with Crippen molar-refractivity contribution in [2.24, 2.45) is 0 Å². The molecule has 0 N–H and O–H groups in total. The number of hydrogen-bond donors (Lipinski definition) is 0. The molecule has 4 aromatic rings. The largest absolute Gasteiger partial charge is 0.378 e. The molecule has 146 valence electrons. The molecule has 1 atom stereocenters. The lowest BCUT2D eigenvalue weighted by molar-refractivity contribution is 0.0956. The summed E-state index contributed by atoms with van der Waals surface area (Å²) >= 11 is 7.89. The molecule has 0 saturated heterocycles. The Hall–Kier alpha value is -2.61. The van der Waals surface area contributed by atoms with E-state index in [1.165, 1.54) is 4.88 Å². The number of rotatable bonds is 4. The quantitative estimate of drug-likeness (QED) is 0.480. The predicted octanol–water partition coefficient (Wildman–Crippen LogP) is 4.57. The third-order valence-corrected chi connectivity index (χ3v) is 6.45. The highest BCUT2D eigenvalue weighted by Crippen LogP contribution is 2.36. The molecule has 29 heavy (non-hydrogen) atoms. The fourth-order valence-corrected chi connectivity index (χ4v) is 4.94. The third-order valence-electron chi connectivity index (χ3n) is 5.18. The van der Waals surface area contributed by atoms with Gasteiger partial charge in [0, 0.05) is 35.8 Å². The van der Waals surface area contributed by atoms with Crippen molar-refractivity contribution in [2.45, 2.75) is 25.4 Å². The van der Waals surface area contributed by atoms with Crippen LogP contribution in [0.4, 0.5) is 0 Å². The minimum Gasteiger partial charge on any atom is -0.378 e. The lowest BCUT2D eigenvalue weighted by atomic mass is 9.87. The maximum Gasteiger partial charge on any atom is 0.185 e. The summed E-state index contributed by atoms with van der Waals surface area (Å²) in [5.74, 6) is 0.138. The fraction of sp³-hybridized carbons (Fsp3) is 0.238. The summed E-state index contributed by atoms with van der Waals surface area (Å²) in [7, 11) is 1.63. The van der Waals surface area contributed by atoms with Crippen molar-refractivity contribution in [1.29, 1.82) is 0 Å². The van der Waals surface area contributed by atoms with Gasteiger partial charge in [-0.3, -0.25) is 4.79 Å². The number of carbonyl (C=O) groups excluding carboxylic acids is 1. The number of ketones is 1. The Morgan fingerprint density at radius 2 is 2.14 bits per heavy atom. The number of ether oxygens (including phenoxy) is 1. The average Bonchev–Trinajstić information content (AvgIpc) is 3.36. The predicted molar refractivity (Wildman–Crippen MR) is 112 cm³/mol. The van der Waals surface area contributed by atoms with E-state index in [4.69, 9.17) is 21.4 Å². The first-order valence-corrected chi connectivity index (χ1v) is 10.5. The minimum atomic E-state index is 0.00662. The molecule has 0 amide bonds. The van der Waals surface area contributed by atoms with Gasteiger partial charge in [-0.15, -0.1) is 21.5 Å². The maximum absolute atomic E-state index is 12.8. The highest BCUT2D eigenvalue weighted by molar-refractivity contribution is 7.10. The van der Waals surface area contributed by atoms with E-state index >= 15 is 0 Å². The minimum absolute atomic E-state index is 0.00662. The monoisotopic (exact) mass is 424 g/mol. The fourth-order valence-electron chi connectivity index (χ4n) is 3.92. The van der Waals surface area contributed by atoms with Crippen molar-refractivity contribution in [1.82, 2.24) is 19.8 Å². The summed E-state index contributed by atoms with van der Waals surface area (Å²) < 4.78 is 7.14. The van der Waals surface area contributed by atoms with E-state index in [2.05, 4.69) is 16.3 Å². The van der Waals surface area contributed by atoms with Crippen molar-refractivity contribution >= 4 is 34.4 Å². The van der Waals surface area contributed by atoms with E-state index in [0.717, 1.165) is 22.5 Å². The van der Waals surface area contributed by atoms with Gasteiger partial charge in [-0.05, 0) is 29.1 Å². The first-order chi connectivity index (χ1) is 14.2. The number of thiophene rings is 1. The Morgan fingerprint density at radius 3 is 2.90 bits per heavy atom. The van der Waals surface area contributed by atoms with Crippen LogP contribution in [-0.2, 0) is 17.8 Å². The molecule has 6 nitrogen and oxygen atoms in total. The lowest BCUT2D eigenvalue weighted by Gasteiger charge is -2.21. The van der Waals surface area contributed by atoms with E-state index in [1.807, 2.05) is 35.7 Å². The molecule has 0 bridgehead atoms. The number of Topliss-reactive ketones (excluding diaryl/α,β-unsaturated/α-hetero) is 1. The molecule has 1 aliphatic carbocycles. The van der Waals surface area contributed by atoms with Crippen molar-refractivity contribution in [2.75, 3.05) is 7.11 Å². The van der Waals surface area contributed by atoms with Crippen LogP contribution in [0.2, 0.25) is 5.02 Å². The molecular formula is C21H17ClN4O2S. The molecule has 8 heteroatoms. The zero-order valence-corrected chi connectivity index (χ0v) is 17.2. The molecule has 0 radical (unpaired) electrons. The van der Waals surface area contributed by atoms with E-state index < -0.39 is 0 Å². The van der Waals surface area contributed by atoms with Gasteiger partial charge in [0.25, 0.3) is 0 Å². The zero-order valence-electron chi connectivity index (χ0n) is 15.6. The number of fused-ring (bicyclic) bond motifs is 3. The summed E-state index contributed by atoms with van der Waals surface area (Å²) in [6.07, 6.45) is 1.14. The number of benzene rings is 1. The van der Waals surface area contributed by atoms with Crippen molar-refractivity contribution in [3.05, 3.63) is 68.8 Å². The average molecular weight is 425 g/mol. The second kappa shape index (κ2) is 7.33. The van der Waals surface area contributed by atoms with Gasteiger partial charge in [0.15, 0.2) is 17.1 Å². The van der Waals surface area contributed by atoms with Crippen LogP contribution >= 0.6 is 22.9 Å². The summed E-state index contributed by atoms with van der Waals surface area (Å²) in [6, 6.07) is 11.6. The van der Waals surface area contributed by atoms with Gasteiger partial charge in [-0.2, -0.15) is 5.10 Å². The summed E-state index contributed by atoms with van der Waals surface area (Å²) in [4.78, 5) is 14.0. The van der Waals surface area contributed by atoms with E-state index in [1.54, 1.807) is 23.0 Å². The van der Waals surface area contributed by atoms with E-state index in [9.17, 15) is 4.79 Å². The van der Waals surface area contributed by atoms with Crippen LogP contribution in [0, 0.1) is 0 Å². The van der Waals surface area contributed by atoms with Crippen LogP contribution in [0.1, 0.15) is 39.1 Å². The third kappa shape index (κ3) is 3.15. The molecular weight excluding hydrogens is 408 g/mol. The topological polar surface area (TPSA) is 69.4 Å². The summed E-state index contributed by atoms with van der Waals surface area (Å²) in [5.41, 5.74) is 4.28. The van der Waals surface area contributed by atoms with E-state index in [-0.39, 0.29) is 11.7 Å². The number of nitrogens with zero attached hydrogens (tertiary/aromatic N) is 4. The molecule has 0 spiro atoms. The first-order valence-electron chi connectivity index (χ1n) is 9.24. The highest BCUT2D eigenvalue weighted by atomic mass is 35.5. The Kier molecular flexibility index (Phi) is 4.66. The molecule has 3 aromatic heterocycles. The highest BCUT2D eigenvalue weighted by Gasteiger charge is 2.32.